The molecule has 28 heavy (non-hydrogen) atoms. The minimum Gasteiger partial charge on any atom is -0.497 e. The van der Waals surface area contributed by atoms with Crippen molar-refractivity contribution in [2.75, 3.05) is 20.8 Å². The Balaban J connectivity index is 1.64. The van der Waals surface area contributed by atoms with E-state index in [1.807, 2.05) is 30.3 Å². The Morgan fingerprint density at radius 3 is 2.32 bits per heavy atom. The fourth-order valence-electron chi connectivity index (χ4n) is 3.09. The third-order valence-electron chi connectivity index (χ3n) is 4.54. The second-order valence-corrected chi connectivity index (χ2v) is 6.38. The summed E-state index contributed by atoms with van der Waals surface area (Å²) in [6.07, 6.45) is -0.582. The van der Waals surface area contributed by atoms with Crippen LogP contribution in [0.4, 0.5) is 4.79 Å². The van der Waals surface area contributed by atoms with Crippen LogP contribution in [0.2, 0.25) is 0 Å². The number of benzene rings is 2. The first-order valence-electron chi connectivity index (χ1n) is 8.96. The van der Waals surface area contributed by atoms with Crippen molar-refractivity contribution in [3.05, 3.63) is 60.2 Å². The Kier molecular flexibility index (Phi) is 6.37. The van der Waals surface area contributed by atoms with Gasteiger partial charge >= 0.3 is 12.1 Å². The fraction of sp³-hybridized carbons (Fsp3) is 0.333. The van der Waals surface area contributed by atoms with Crippen molar-refractivity contribution < 1.29 is 28.5 Å². The molecule has 0 spiro atoms. The first-order valence-corrected chi connectivity index (χ1v) is 8.96. The number of ether oxygens (including phenoxy) is 4. The number of hydrogen-bond donors (Lipinski definition) is 0. The van der Waals surface area contributed by atoms with Gasteiger partial charge in [-0.1, -0.05) is 30.3 Å². The molecule has 0 unspecified atom stereocenters. The molecule has 1 aliphatic heterocycles. The average molecular weight is 385 g/mol. The van der Waals surface area contributed by atoms with Crippen molar-refractivity contribution in [1.82, 2.24) is 4.90 Å². The Morgan fingerprint density at radius 2 is 1.68 bits per heavy atom. The Hall–Kier alpha value is -3.22. The number of likely N-dealkylation sites (tertiary alicyclic amines) is 1. The molecular formula is C21H23NO6. The molecule has 0 bridgehead atoms. The van der Waals surface area contributed by atoms with E-state index in [0.29, 0.717) is 12.2 Å². The highest BCUT2D eigenvalue weighted by Crippen LogP contribution is 2.26. The van der Waals surface area contributed by atoms with E-state index in [4.69, 9.17) is 18.9 Å². The summed E-state index contributed by atoms with van der Waals surface area (Å²) in [4.78, 5) is 26.1. The van der Waals surface area contributed by atoms with Gasteiger partial charge in [0.15, 0.2) is 0 Å². The zero-order valence-electron chi connectivity index (χ0n) is 15.9. The van der Waals surface area contributed by atoms with Crippen LogP contribution < -0.4 is 9.47 Å². The lowest BCUT2D eigenvalue weighted by Crippen LogP contribution is -2.41. The van der Waals surface area contributed by atoms with Gasteiger partial charge in [0.05, 0.1) is 20.8 Å². The molecule has 0 saturated carbocycles. The van der Waals surface area contributed by atoms with Crippen LogP contribution in [0.3, 0.4) is 0 Å². The van der Waals surface area contributed by atoms with Crippen molar-refractivity contribution >= 4 is 12.1 Å². The number of carbonyl (C=O) groups excluding carboxylic acids is 2. The molecule has 3 rings (SSSR count). The van der Waals surface area contributed by atoms with Gasteiger partial charge in [-0.25, -0.2) is 9.59 Å². The SMILES string of the molecule is COC(=O)[C@@H]1C[C@H](Oc2ccc(OC)cc2)CN1C(=O)OCc1ccccc1. The molecule has 0 aliphatic carbocycles. The summed E-state index contributed by atoms with van der Waals surface area (Å²) in [6, 6.07) is 15.8. The number of rotatable bonds is 6. The average Bonchev–Trinajstić information content (AvgIpc) is 3.16. The van der Waals surface area contributed by atoms with E-state index in [0.717, 1.165) is 11.3 Å². The molecule has 0 aromatic heterocycles. The molecule has 1 amide bonds. The van der Waals surface area contributed by atoms with Crippen molar-refractivity contribution in [3.8, 4) is 11.5 Å². The number of amides is 1. The summed E-state index contributed by atoms with van der Waals surface area (Å²) >= 11 is 0. The highest BCUT2D eigenvalue weighted by molar-refractivity contribution is 5.82. The standard InChI is InChI=1S/C21H23NO6/c1-25-16-8-10-17(11-9-16)28-18-12-19(20(23)26-2)22(13-18)21(24)27-14-15-6-4-3-5-7-15/h3-11,18-19H,12-14H2,1-2H3/t18-,19-/m0/s1. The van der Waals surface area contributed by atoms with E-state index in [2.05, 4.69) is 0 Å². The molecule has 2 aromatic rings. The first kappa shape index (κ1) is 19.5. The second-order valence-electron chi connectivity index (χ2n) is 6.38. The van der Waals surface area contributed by atoms with Crippen LogP contribution in [0.25, 0.3) is 0 Å². The van der Waals surface area contributed by atoms with Crippen molar-refractivity contribution in [1.29, 1.82) is 0 Å². The Labute approximate surface area is 163 Å². The maximum atomic E-state index is 12.6. The molecule has 1 aliphatic rings. The van der Waals surface area contributed by atoms with Crippen LogP contribution in [0.15, 0.2) is 54.6 Å². The number of hydrogen-bond acceptors (Lipinski definition) is 6. The molecule has 0 N–H and O–H groups in total. The second kappa shape index (κ2) is 9.12. The summed E-state index contributed by atoms with van der Waals surface area (Å²) in [7, 11) is 2.89. The van der Waals surface area contributed by atoms with Gasteiger partial charge < -0.3 is 18.9 Å². The van der Waals surface area contributed by atoms with Gasteiger partial charge in [-0.2, -0.15) is 0 Å². The van der Waals surface area contributed by atoms with Gasteiger partial charge in [-0.15, -0.1) is 0 Å². The quantitative estimate of drug-likeness (QED) is 0.712. The molecular weight excluding hydrogens is 362 g/mol. The molecule has 1 saturated heterocycles. The van der Waals surface area contributed by atoms with Gasteiger partial charge in [0.1, 0.15) is 30.3 Å². The molecule has 7 nitrogen and oxygen atoms in total. The van der Waals surface area contributed by atoms with Gasteiger partial charge in [0.2, 0.25) is 0 Å². The maximum absolute atomic E-state index is 12.6. The predicted molar refractivity (Wildman–Crippen MR) is 101 cm³/mol. The van der Waals surface area contributed by atoms with Crippen LogP contribution in [0, 0.1) is 0 Å². The largest absolute Gasteiger partial charge is 0.497 e. The third-order valence-corrected chi connectivity index (χ3v) is 4.54. The van der Waals surface area contributed by atoms with E-state index in [1.54, 1.807) is 31.4 Å². The lowest BCUT2D eigenvalue weighted by Gasteiger charge is -2.21. The van der Waals surface area contributed by atoms with Crippen LogP contribution in [0.5, 0.6) is 11.5 Å². The van der Waals surface area contributed by atoms with Gasteiger partial charge in [0, 0.05) is 6.42 Å². The molecule has 7 heteroatoms. The number of esters is 1. The molecule has 2 atom stereocenters. The predicted octanol–water partition coefficient (Wildman–Crippen LogP) is 3.03. The molecule has 1 heterocycles. The number of carbonyl (C=O) groups is 2. The zero-order valence-corrected chi connectivity index (χ0v) is 15.9. The summed E-state index contributed by atoms with van der Waals surface area (Å²) in [5.74, 6) is 0.865. The molecule has 0 radical (unpaired) electrons. The number of nitrogens with zero attached hydrogens (tertiary/aromatic N) is 1. The minimum atomic E-state index is -0.739. The van der Waals surface area contributed by atoms with E-state index < -0.39 is 18.1 Å². The van der Waals surface area contributed by atoms with E-state index in [1.165, 1.54) is 12.0 Å². The van der Waals surface area contributed by atoms with Crippen molar-refractivity contribution in [2.24, 2.45) is 0 Å². The van der Waals surface area contributed by atoms with Crippen molar-refractivity contribution in [2.45, 2.75) is 25.2 Å². The smallest absolute Gasteiger partial charge is 0.410 e. The Bertz CT molecular complexity index is 792. The topological polar surface area (TPSA) is 74.3 Å². The molecule has 1 fully saturated rings. The van der Waals surface area contributed by atoms with Crippen LogP contribution >= 0.6 is 0 Å². The zero-order chi connectivity index (χ0) is 19.9. The van der Waals surface area contributed by atoms with Crippen molar-refractivity contribution in [3.63, 3.8) is 0 Å². The van der Waals surface area contributed by atoms with E-state index in [9.17, 15) is 9.59 Å². The summed E-state index contributed by atoms with van der Waals surface area (Å²) < 4.78 is 21.3. The molecule has 148 valence electrons. The van der Waals surface area contributed by atoms with E-state index >= 15 is 0 Å². The van der Waals surface area contributed by atoms with Gasteiger partial charge in [-0.3, -0.25) is 4.90 Å². The van der Waals surface area contributed by atoms with Crippen LogP contribution in [-0.2, 0) is 20.9 Å². The summed E-state index contributed by atoms with van der Waals surface area (Å²) in [5, 5.41) is 0. The summed E-state index contributed by atoms with van der Waals surface area (Å²) in [5.41, 5.74) is 0.871. The fourth-order valence-corrected chi connectivity index (χ4v) is 3.09. The van der Waals surface area contributed by atoms with Gasteiger partial charge in [0.25, 0.3) is 0 Å². The Morgan fingerprint density at radius 1 is 1.00 bits per heavy atom. The lowest BCUT2D eigenvalue weighted by atomic mass is 10.2. The highest BCUT2D eigenvalue weighted by Gasteiger charge is 2.42. The lowest BCUT2D eigenvalue weighted by molar-refractivity contribution is -0.145. The first-order chi connectivity index (χ1) is 13.6. The normalized spacial score (nSPS) is 18.4. The third kappa shape index (κ3) is 4.73. The van der Waals surface area contributed by atoms with Crippen LogP contribution in [0.1, 0.15) is 12.0 Å². The van der Waals surface area contributed by atoms with Crippen LogP contribution in [-0.4, -0.2) is 49.9 Å². The minimum absolute atomic E-state index is 0.133. The number of methoxy groups -OCH3 is 2. The monoisotopic (exact) mass is 385 g/mol. The maximum Gasteiger partial charge on any atom is 0.410 e. The summed E-state index contributed by atoms with van der Waals surface area (Å²) in [6.45, 7) is 0.369. The highest BCUT2D eigenvalue weighted by atomic mass is 16.6. The van der Waals surface area contributed by atoms with Gasteiger partial charge in [-0.05, 0) is 29.8 Å². The molecule has 2 aromatic carbocycles. The van der Waals surface area contributed by atoms with E-state index in [-0.39, 0.29) is 19.3 Å².